The van der Waals surface area contributed by atoms with Crippen molar-refractivity contribution in [1.29, 1.82) is 0 Å². The maximum absolute atomic E-state index is 14.5. The first kappa shape index (κ1) is 26.3. The molecule has 0 radical (unpaired) electrons. The SMILES string of the molecule is CC[C@@H](CO)N1C(=O)[C@@H]2[C@@H]3C(=O)OCCCC/C=C\[C@@H]3S[C@@]23C=CCN(c2c(C)cccc2Cl)C(=O)C13. The molecule has 0 saturated carbocycles. The van der Waals surface area contributed by atoms with Crippen LogP contribution < -0.4 is 4.90 Å². The first-order valence-corrected chi connectivity index (χ1v) is 14.3. The minimum atomic E-state index is -0.965. The number of aliphatic hydroxyl groups is 1. The molecule has 4 aliphatic heterocycles. The molecule has 1 aromatic carbocycles. The van der Waals surface area contributed by atoms with Crippen molar-refractivity contribution in [3.63, 3.8) is 0 Å². The Hall–Kier alpha value is -2.29. The summed E-state index contributed by atoms with van der Waals surface area (Å²) in [5.74, 6) is -2.39. The summed E-state index contributed by atoms with van der Waals surface area (Å²) >= 11 is 8.10. The van der Waals surface area contributed by atoms with Gasteiger partial charge < -0.3 is 19.6 Å². The van der Waals surface area contributed by atoms with Crippen LogP contribution in [0.3, 0.4) is 0 Å². The van der Waals surface area contributed by atoms with Gasteiger partial charge in [0.05, 0.1) is 46.5 Å². The van der Waals surface area contributed by atoms with Crippen LogP contribution in [0.4, 0.5) is 5.69 Å². The second-order valence-electron chi connectivity index (χ2n) is 10.2. The number of rotatable bonds is 4. The lowest BCUT2D eigenvalue weighted by molar-refractivity contribution is -0.153. The molecule has 4 aliphatic rings. The fourth-order valence-corrected chi connectivity index (χ4v) is 8.64. The van der Waals surface area contributed by atoms with E-state index in [-0.39, 0.29) is 29.6 Å². The molecular weight excluding hydrogens is 512 g/mol. The van der Waals surface area contributed by atoms with Crippen LogP contribution in [0.25, 0.3) is 0 Å². The first-order valence-electron chi connectivity index (χ1n) is 13.0. The van der Waals surface area contributed by atoms with Crippen molar-refractivity contribution in [1.82, 2.24) is 4.90 Å². The van der Waals surface area contributed by atoms with Gasteiger partial charge in [0, 0.05) is 11.8 Å². The molecule has 0 aliphatic carbocycles. The van der Waals surface area contributed by atoms with Gasteiger partial charge >= 0.3 is 5.97 Å². The van der Waals surface area contributed by atoms with E-state index in [4.69, 9.17) is 16.3 Å². The number of halogens is 1. The van der Waals surface area contributed by atoms with E-state index in [9.17, 15) is 19.5 Å². The molecule has 198 valence electrons. The molecule has 7 nitrogen and oxygen atoms in total. The zero-order chi connectivity index (χ0) is 26.3. The normalized spacial score (nSPS) is 33.4. The molecule has 1 aromatic rings. The van der Waals surface area contributed by atoms with Gasteiger partial charge in [0.2, 0.25) is 5.91 Å². The minimum Gasteiger partial charge on any atom is -0.465 e. The van der Waals surface area contributed by atoms with Crippen molar-refractivity contribution in [2.75, 3.05) is 24.7 Å². The summed E-state index contributed by atoms with van der Waals surface area (Å²) in [4.78, 5) is 45.3. The van der Waals surface area contributed by atoms with Crippen molar-refractivity contribution < 1.29 is 24.2 Å². The zero-order valence-electron chi connectivity index (χ0n) is 21.1. The Morgan fingerprint density at radius 1 is 1.22 bits per heavy atom. The van der Waals surface area contributed by atoms with Crippen molar-refractivity contribution in [2.45, 2.75) is 61.6 Å². The Morgan fingerprint density at radius 3 is 2.76 bits per heavy atom. The van der Waals surface area contributed by atoms with Crippen LogP contribution in [0.2, 0.25) is 5.02 Å². The maximum atomic E-state index is 14.5. The van der Waals surface area contributed by atoms with E-state index in [1.807, 2.05) is 44.2 Å². The number of likely N-dealkylation sites (tertiary alicyclic amines) is 1. The van der Waals surface area contributed by atoms with E-state index >= 15 is 0 Å². The summed E-state index contributed by atoms with van der Waals surface area (Å²) < 4.78 is 4.69. The average Bonchev–Trinajstić information content (AvgIpc) is 3.26. The number of hydrogen-bond acceptors (Lipinski definition) is 6. The quantitative estimate of drug-likeness (QED) is 0.457. The first-order chi connectivity index (χ1) is 17.9. The number of aryl methyl sites for hydroxylation is 1. The van der Waals surface area contributed by atoms with Crippen molar-refractivity contribution in [3.05, 3.63) is 53.1 Å². The summed E-state index contributed by atoms with van der Waals surface area (Å²) in [7, 11) is 0. The number of carbonyl (C=O) groups is 3. The predicted octanol–water partition coefficient (Wildman–Crippen LogP) is 3.90. The third-order valence-electron chi connectivity index (χ3n) is 8.07. The lowest BCUT2D eigenvalue weighted by Gasteiger charge is -2.38. The topological polar surface area (TPSA) is 87.2 Å². The van der Waals surface area contributed by atoms with Gasteiger partial charge in [-0.3, -0.25) is 14.4 Å². The number of cyclic esters (lactones) is 1. The minimum absolute atomic E-state index is 0.252. The Bertz CT molecular complexity index is 1130. The number of fused-ring (bicyclic) bond motifs is 2. The molecule has 0 aromatic heterocycles. The number of aliphatic hydroxyl groups excluding tert-OH is 1. The van der Waals surface area contributed by atoms with Gasteiger partial charge in [-0.15, -0.1) is 11.8 Å². The molecule has 6 atom stereocenters. The van der Waals surface area contributed by atoms with Crippen LogP contribution >= 0.6 is 23.4 Å². The second-order valence-corrected chi connectivity index (χ2v) is 12.1. The molecule has 37 heavy (non-hydrogen) atoms. The van der Waals surface area contributed by atoms with E-state index in [2.05, 4.69) is 6.08 Å². The van der Waals surface area contributed by atoms with Crippen LogP contribution in [0.1, 0.15) is 38.2 Å². The number of para-hydroxylation sites is 1. The van der Waals surface area contributed by atoms with E-state index in [1.54, 1.807) is 15.9 Å². The van der Waals surface area contributed by atoms with Gasteiger partial charge in [-0.2, -0.15) is 0 Å². The Kier molecular flexibility index (Phi) is 7.44. The van der Waals surface area contributed by atoms with Gasteiger partial charge in [-0.05, 0) is 44.2 Å². The summed E-state index contributed by atoms with van der Waals surface area (Å²) in [6.07, 6.45) is 11.0. The zero-order valence-corrected chi connectivity index (χ0v) is 22.7. The van der Waals surface area contributed by atoms with Crippen LogP contribution in [0, 0.1) is 18.8 Å². The number of thioether (sulfide) groups is 1. The number of allylic oxidation sites excluding steroid dienone is 1. The van der Waals surface area contributed by atoms with Gasteiger partial charge in [0.15, 0.2) is 0 Å². The standard InChI is InChI=1S/C28H33ClN2O5S/c1-3-18(16-32)31-24-26(34)30(23-17(2)10-8-11-19(23)29)14-9-13-28(24)22(25(31)33)21-20(37-28)12-6-4-5-7-15-36-27(21)35/h6,8-13,18,20-22,24,32H,3-5,7,14-16H2,1-2H3/b12-6-/t18-,20-,21+,22-,24?,28-/m0/s1. The third kappa shape index (κ3) is 4.21. The van der Waals surface area contributed by atoms with E-state index in [0.717, 1.165) is 24.8 Å². The molecule has 1 N–H and O–H groups in total. The number of esters is 1. The van der Waals surface area contributed by atoms with Crippen LogP contribution in [-0.4, -0.2) is 69.6 Å². The van der Waals surface area contributed by atoms with Crippen molar-refractivity contribution in [3.8, 4) is 0 Å². The summed E-state index contributed by atoms with van der Waals surface area (Å²) in [5.41, 5.74) is 1.47. The Morgan fingerprint density at radius 2 is 2.03 bits per heavy atom. The molecule has 2 amide bonds. The Labute approximate surface area is 226 Å². The number of anilines is 1. The number of benzene rings is 1. The lowest BCUT2D eigenvalue weighted by Crippen LogP contribution is -2.56. The average molecular weight is 545 g/mol. The molecule has 0 bridgehead atoms. The third-order valence-corrected chi connectivity index (χ3v) is 10.1. The number of carbonyl (C=O) groups excluding carboxylic acids is 3. The highest BCUT2D eigenvalue weighted by molar-refractivity contribution is 8.02. The summed E-state index contributed by atoms with van der Waals surface area (Å²) in [5, 5.41) is 10.4. The van der Waals surface area contributed by atoms with E-state index in [0.29, 0.717) is 30.3 Å². The smallest absolute Gasteiger partial charge is 0.311 e. The fourth-order valence-electron chi connectivity index (χ4n) is 6.33. The van der Waals surface area contributed by atoms with Crippen LogP contribution in [-0.2, 0) is 19.1 Å². The number of nitrogens with zero attached hydrogens (tertiary/aromatic N) is 2. The monoisotopic (exact) mass is 544 g/mol. The largest absolute Gasteiger partial charge is 0.465 e. The Balaban J connectivity index is 1.66. The van der Waals surface area contributed by atoms with E-state index in [1.165, 1.54) is 11.8 Å². The molecular formula is C28H33ClN2O5S. The van der Waals surface area contributed by atoms with Crippen LogP contribution in [0.5, 0.6) is 0 Å². The maximum Gasteiger partial charge on any atom is 0.311 e. The molecule has 1 spiro atoms. The number of amides is 2. The summed E-state index contributed by atoms with van der Waals surface area (Å²) in [6.45, 7) is 4.14. The highest BCUT2D eigenvalue weighted by atomic mass is 35.5. The molecule has 2 saturated heterocycles. The molecule has 2 fully saturated rings. The summed E-state index contributed by atoms with van der Waals surface area (Å²) in [6, 6.07) is 4.06. The molecule has 1 unspecified atom stereocenters. The van der Waals surface area contributed by atoms with Crippen molar-refractivity contribution >= 4 is 46.8 Å². The second kappa shape index (κ2) is 10.5. The van der Waals surface area contributed by atoms with E-state index < -0.39 is 28.7 Å². The molecule has 4 heterocycles. The van der Waals surface area contributed by atoms with Gasteiger partial charge in [0.25, 0.3) is 5.91 Å². The number of hydrogen-bond donors (Lipinski definition) is 1. The highest BCUT2D eigenvalue weighted by Crippen LogP contribution is 2.61. The molecule has 5 rings (SSSR count). The van der Waals surface area contributed by atoms with Gasteiger partial charge in [-0.1, -0.05) is 55.0 Å². The van der Waals surface area contributed by atoms with Gasteiger partial charge in [-0.25, -0.2) is 0 Å². The lowest BCUT2D eigenvalue weighted by atomic mass is 9.78. The van der Waals surface area contributed by atoms with Gasteiger partial charge in [0.1, 0.15) is 6.04 Å². The van der Waals surface area contributed by atoms with Crippen molar-refractivity contribution in [2.24, 2.45) is 11.8 Å². The highest BCUT2D eigenvalue weighted by Gasteiger charge is 2.71. The fraction of sp³-hybridized carbons (Fsp3) is 0.536. The van der Waals surface area contributed by atoms with Crippen LogP contribution in [0.15, 0.2) is 42.5 Å². The molecule has 9 heteroatoms. The number of ether oxygens (including phenoxy) is 1. The predicted molar refractivity (Wildman–Crippen MR) is 145 cm³/mol.